The summed E-state index contributed by atoms with van der Waals surface area (Å²) in [7, 11) is 0. The zero-order valence-corrected chi connectivity index (χ0v) is 21.8. The number of nitrogens with two attached hydrogens (primary N) is 1. The van der Waals surface area contributed by atoms with Crippen molar-refractivity contribution < 1.29 is 18.0 Å². The number of aromatic nitrogens is 1. The molecule has 0 radical (unpaired) electrons. The van der Waals surface area contributed by atoms with Crippen LogP contribution in [-0.2, 0) is 11.0 Å². The number of rotatable bonds is 5. The van der Waals surface area contributed by atoms with Crippen LogP contribution < -0.4 is 20.9 Å². The lowest BCUT2D eigenvalue weighted by atomic mass is 10.0. The van der Waals surface area contributed by atoms with Crippen molar-refractivity contribution in [1.29, 1.82) is 5.26 Å². The molecular formula is C28H23F3N6OS. The molecule has 11 heteroatoms. The lowest BCUT2D eigenvalue weighted by molar-refractivity contribution is -0.137. The monoisotopic (exact) mass is 548 g/mol. The second kappa shape index (κ2) is 10.7. The van der Waals surface area contributed by atoms with E-state index in [1.54, 1.807) is 55.3 Å². The van der Waals surface area contributed by atoms with Crippen molar-refractivity contribution in [3.8, 4) is 17.9 Å². The maximum absolute atomic E-state index is 13.5. The van der Waals surface area contributed by atoms with Gasteiger partial charge in [0.25, 0.3) is 5.91 Å². The zero-order chi connectivity index (χ0) is 28.4. The van der Waals surface area contributed by atoms with Gasteiger partial charge in [-0.15, -0.1) is 0 Å². The number of nitrogens with one attached hydrogen (secondary N) is 1. The van der Waals surface area contributed by atoms with Crippen molar-refractivity contribution in [2.24, 2.45) is 5.73 Å². The molecule has 198 valence electrons. The maximum Gasteiger partial charge on any atom is 0.417 e. The van der Waals surface area contributed by atoms with Gasteiger partial charge in [0.15, 0.2) is 5.11 Å². The highest BCUT2D eigenvalue weighted by molar-refractivity contribution is 7.81. The highest BCUT2D eigenvalue weighted by Crippen LogP contribution is 2.39. The Bertz CT molecular complexity index is 1520. The number of carbonyl (C=O) groups is 1. The van der Waals surface area contributed by atoms with Crippen molar-refractivity contribution in [1.82, 2.24) is 4.98 Å². The summed E-state index contributed by atoms with van der Waals surface area (Å²) in [6.45, 7) is 4.40. The molecule has 0 bridgehead atoms. The van der Waals surface area contributed by atoms with Crippen LogP contribution in [0.4, 0.5) is 30.4 Å². The zero-order valence-electron chi connectivity index (χ0n) is 21.0. The minimum absolute atomic E-state index is 0.0241. The van der Waals surface area contributed by atoms with Crippen LogP contribution in [0.5, 0.6) is 0 Å². The largest absolute Gasteiger partial charge is 0.417 e. The number of alkyl halides is 3. The summed E-state index contributed by atoms with van der Waals surface area (Å²) >= 11 is 5.57. The van der Waals surface area contributed by atoms with Gasteiger partial charge in [-0.3, -0.25) is 9.69 Å². The predicted octanol–water partition coefficient (Wildman–Crippen LogP) is 4.66. The average Bonchev–Trinajstić information content (AvgIpc) is 3.09. The number of carbonyl (C=O) groups excluding carboxylic acids is 1. The Labute approximate surface area is 229 Å². The molecule has 1 aliphatic heterocycles. The molecule has 7 nitrogen and oxygen atoms in total. The van der Waals surface area contributed by atoms with Crippen LogP contribution >= 0.6 is 12.2 Å². The first-order valence-corrected chi connectivity index (χ1v) is 12.2. The molecule has 2 aromatic carbocycles. The van der Waals surface area contributed by atoms with E-state index in [-0.39, 0.29) is 10.8 Å². The molecule has 0 saturated carbocycles. The first kappa shape index (κ1) is 27.6. The van der Waals surface area contributed by atoms with Crippen molar-refractivity contribution in [2.45, 2.75) is 25.6 Å². The Morgan fingerprint density at radius 1 is 1.05 bits per heavy atom. The van der Waals surface area contributed by atoms with Gasteiger partial charge in [0, 0.05) is 36.1 Å². The third kappa shape index (κ3) is 5.55. The number of nitrogens with zero attached hydrogens (tertiary/aromatic N) is 4. The van der Waals surface area contributed by atoms with Crippen LogP contribution in [0, 0.1) is 23.2 Å². The summed E-state index contributed by atoms with van der Waals surface area (Å²) in [6.07, 6.45) is -3.12. The van der Waals surface area contributed by atoms with Crippen LogP contribution in [0.2, 0.25) is 0 Å². The number of amides is 1. The Morgan fingerprint density at radius 2 is 1.69 bits per heavy atom. The van der Waals surface area contributed by atoms with Gasteiger partial charge in [-0.05, 0) is 80.7 Å². The fraction of sp³-hybridized carbons (Fsp3) is 0.214. The van der Waals surface area contributed by atoms with Gasteiger partial charge in [0.05, 0.1) is 22.9 Å². The molecule has 0 aliphatic carbocycles. The van der Waals surface area contributed by atoms with Crippen LogP contribution in [0.3, 0.4) is 0 Å². The topological polar surface area (TPSA) is 98.3 Å². The van der Waals surface area contributed by atoms with Crippen molar-refractivity contribution in [3.63, 3.8) is 0 Å². The van der Waals surface area contributed by atoms with Crippen LogP contribution in [0.25, 0.3) is 0 Å². The number of benzene rings is 2. The van der Waals surface area contributed by atoms with Gasteiger partial charge in [-0.25, -0.2) is 4.98 Å². The Hall–Kier alpha value is -4.45. The molecular weight excluding hydrogens is 525 g/mol. The molecule has 1 saturated heterocycles. The molecule has 1 aliphatic rings. The molecule has 2 heterocycles. The van der Waals surface area contributed by atoms with Crippen molar-refractivity contribution >= 4 is 40.4 Å². The third-order valence-corrected chi connectivity index (χ3v) is 6.41. The summed E-state index contributed by atoms with van der Waals surface area (Å²) in [6, 6.07) is 15.3. The molecule has 4 rings (SSSR count). The Kier molecular flexibility index (Phi) is 7.59. The summed E-state index contributed by atoms with van der Waals surface area (Å²) < 4.78 is 40.6. The smallest absolute Gasteiger partial charge is 0.369 e. The van der Waals surface area contributed by atoms with E-state index in [1.165, 1.54) is 6.07 Å². The number of pyridine rings is 1. The van der Waals surface area contributed by atoms with Crippen LogP contribution in [0.1, 0.15) is 36.1 Å². The average molecular weight is 549 g/mol. The van der Waals surface area contributed by atoms with Crippen LogP contribution in [0.15, 0.2) is 60.8 Å². The molecule has 1 amide bonds. The number of nitriles is 1. The SMILES string of the molecule is CC1(C)C(=O)N(c2ccc(C#N)c(C(F)(F)F)c2)C(=S)N1c1ccc(C#Cc2ccc(NCCN)nc2)cc1. The number of thiocarbonyl (C=S) groups is 1. The van der Waals surface area contributed by atoms with Gasteiger partial charge in [0.2, 0.25) is 0 Å². The third-order valence-electron chi connectivity index (χ3n) is 6.05. The highest BCUT2D eigenvalue weighted by atomic mass is 32.1. The van der Waals surface area contributed by atoms with E-state index in [0.29, 0.717) is 30.2 Å². The van der Waals surface area contributed by atoms with Gasteiger partial charge >= 0.3 is 6.18 Å². The first-order valence-electron chi connectivity index (χ1n) is 11.8. The first-order chi connectivity index (χ1) is 18.5. The number of hydrogen-bond donors (Lipinski definition) is 2. The minimum atomic E-state index is -4.77. The standard InChI is InChI=1S/C28H23F3N6OS/c1-27(2)25(38)36(22-11-8-20(16-33)23(15-22)28(29,30)31)26(39)37(27)21-9-5-18(6-10-21)3-4-19-7-12-24(35-17-19)34-14-13-32/h5-12,15,17H,13-14,32H2,1-2H3,(H,34,35). The van der Waals surface area contributed by atoms with Gasteiger partial charge in [0.1, 0.15) is 11.4 Å². The molecule has 39 heavy (non-hydrogen) atoms. The van der Waals surface area contributed by atoms with Gasteiger partial charge < -0.3 is 16.0 Å². The Balaban J connectivity index is 1.59. The van der Waals surface area contributed by atoms with E-state index >= 15 is 0 Å². The van der Waals surface area contributed by atoms with E-state index in [4.69, 9.17) is 23.2 Å². The number of halogens is 3. The summed E-state index contributed by atoms with van der Waals surface area (Å²) in [5.74, 6) is 6.31. The quantitative estimate of drug-likeness (QED) is 0.354. The number of hydrogen-bond acceptors (Lipinski definition) is 6. The fourth-order valence-electron chi connectivity index (χ4n) is 4.07. The lowest BCUT2D eigenvalue weighted by Gasteiger charge is -2.29. The van der Waals surface area contributed by atoms with Crippen molar-refractivity contribution in [3.05, 3.63) is 83.0 Å². The predicted molar refractivity (Wildman–Crippen MR) is 147 cm³/mol. The highest BCUT2D eigenvalue weighted by Gasteiger charge is 2.50. The lowest BCUT2D eigenvalue weighted by Crippen LogP contribution is -2.44. The van der Waals surface area contributed by atoms with Crippen LogP contribution in [-0.4, -0.2) is 34.6 Å². The second-order valence-electron chi connectivity index (χ2n) is 9.10. The van der Waals surface area contributed by atoms with E-state index in [9.17, 15) is 18.0 Å². The normalized spacial score (nSPS) is 14.6. The molecule has 0 unspecified atom stereocenters. The summed E-state index contributed by atoms with van der Waals surface area (Å²) in [5, 5.41) is 12.2. The molecule has 1 fully saturated rings. The fourth-order valence-corrected chi connectivity index (χ4v) is 4.59. The van der Waals surface area contributed by atoms with E-state index in [0.717, 1.165) is 22.6 Å². The van der Waals surface area contributed by atoms with E-state index in [2.05, 4.69) is 22.1 Å². The molecule has 1 aromatic heterocycles. The van der Waals surface area contributed by atoms with Crippen molar-refractivity contribution in [2.75, 3.05) is 28.2 Å². The van der Waals surface area contributed by atoms with E-state index in [1.807, 2.05) is 12.1 Å². The molecule has 0 atom stereocenters. The van der Waals surface area contributed by atoms with Gasteiger partial charge in [-0.2, -0.15) is 18.4 Å². The molecule has 3 aromatic rings. The van der Waals surface area contributed by atoms with Gasteiger partial charge in [-0.1, -0.05) is 11.8 Å². The van der Waals surface area contributed by atoms with E-state index < -0.39 is 28.7 Å². The maximum atomic E-state index is 13.5. The summed E-state index contributed by atoms with van der Waals surface area (Å²) in [4.78, 5) is 20.3. The number of anilines is 3. The minimum Gasteiger partial charge on any atom is -0.369 e. The second-order valence-corrected chi connectivity index (χ2v) is 9.47. The Morgan fingerprint density at radius 3 is 2.28 bits per heavy atom. The molecule has 3 N–H and O–H groups in total. The molecule has 0 spiro atoms. The summed E-state index contributed by atoms with van der Waals surface area (Å²) in [5.41, 5.74) is 4.57.